The Balaban J connectivity index is 1.95. The number of benzene rings is 2. The topological polar surface area (TPSA) is 29.5 Å². The van der Waals surface area contributed by atoms with Gasteiger partial charge in [0.1, 0.15) is 12.4 Å². The summed E-state index contributed by atoms with van der Waals surface area (Å²) in [4.78, 5) is 0. The molecule has 0 aliphatic heterocycles. The minimum atomic E-state index is 0.106. The third kappa shape index (κ3) is 4.15. The zero-order valence-electron chi connectivity index (χ0n) is 11.6. The molecule has 2 aromatic rings. The first-order valence-corrected chi connectivity index (χ1v) is 6.66. The first-order valence-electron chi connectivity index (χ1n) is 6.66. The van der Waals surface area contributed by atoms with Crippen molar-refractivity contribution in [3.8, 4) is 17.6 Å². The summed E-state index contributed by atoms with van der Waals surface area (Å²) < 4.78 is 5.79. The van der Waals surface area contributed by atoms with Gasteiger partial charge in [0, 0.05) is 12.0 Å². The van der Waals surface area contributed by atoms with Crippen LogP contribution < -0.4 is 4.74 Å². The number of para-hydroxylation sites is 1. The van der Waals surface area contributed by atoms with Gasteiger partial charge in [-0.05, 0) is 36.2 Å². The number of aryl methyl sites for hydroxylation is 1. The Bertz CT molecular complexity index is 603. The maximum atomic E-state index is 8.67. The lowest BCUT2D eigenvalue weighted by atomic mass is 10.1. The fourth-order valence-electron chi connectivity index (χ4n) is 1.78. The van der Waals surface area contributed by atoms with Crippen molar-refractivity contribution in [2.45, 2.75) is 20.0 Å². The van der Waals surface area contributed by atoms with Gasteiger partial charge in [0.2, 0.25) is 0 Å². The van der Waals surface area contributed by atoms with E-state index in [0.717, 1.165) is 22.4 Å². The normalized spacial score (nSPS) is 9.70. The third-order valence-corrected chi connectivity index (χ3v) is 2.91. The van der Waals surface area contributed by atoms with E-state index >= 15 is 0 Å². The van der Waals surface area contributed by atoms with Crippen molar-refractivity contribution in [1.29, 1.82) is 0 Å². The third-order valence-electron chi connectivity index (χ3n) is 2.91. The Labute approximate surface area is 120 Å². The molecule has 2 rings (SSSR count). The highest BCUT2D eigenvalue weighted by atomic mass is 16.5. The smallest absolute Gasteiger partial charge is 0.122 e. The fraction of sp³-hybridized carbons (Fsp3) is 0.222. The molecule has 20 heavy (non-hydrogen) atoms. The molecular weight excluding hydrogens is 248 g/mol. The van der Waals surface area contributed by atoms with Gasteiger partial charge >= 0.3 is 0 Å². The van der Waals surface area contributed by atoms with E-state index in [0.29, 0.717) is 13.0 Å². The average Bonchev–Trinajstić information content (AvgIpc) is 2.48. The Hall–Kier alpha value is -2.24. The minimum Gasteiger partial charge on any atom is -0.489 e. The monoisotopic (exact) mass is 266 g/mol. The molecule has 0 fully saturated rings. The zero-order chi connectivity index (χ0) is 14.2. The Kier molecular flexibility index (Phi) is 5.23. The van der Waals surface area contributed by atoms with E-state index < -0.39 is 0 Å². The maximum absolute atomic E-state index is 8.67. The molecule has 0 saturated carbocycles. The van der Waals surface area contributed by atoms with Crippen LogP contribution >= 0.6 is 0 Å². The van der Waals surface area contributed by atoms with Gasteiger partial charge in [-0.15, -0.1) is 0 Å². The predicted octanol–water partition coefficient (Wildman–Crippen LogP) is 3.31. The molecule has 0 radical (unpaired) electrons. The Morgan fingerprint density at radius 3 is 2.50 bits per heavy atom. The molecule has 0 saturated heterocycles. The summed E-state index contributed by atoms with van der Waals surface area (Å²) in [5, 5.41) is 8.67. The van der Waals surface area contributed by atoms with Crippen molar-refractivity contribution in [3.63, 3.8) is 0 Å². The molecule has 2 aromatic carbocycles. The summed E-state index contributed by atoms with van der Waals surface area (Å²) in [6.07, 6.45) is 0.512. The van der Waals surface area contributed by atoms with Gasteiger partial charge in [-0.2, -0.15) is 0 Å². The molecule has 0 aliphatic carbocycles. The van der Waals surface area contributed by atoms with E-state index in [1.54, 1.807) is 0 Å². The van der Waals surface area contributed by atoms with Gasteiger partial charge in [0.25, 0.3) is 0 Å². The van der Waals surface area contributed by atoms with Gasteiger partial charge in [0.05, 0.1) is 6.61 Å². The number of rotatable bonds is 4. The van der Waals surface area contributed by atoms with Crippen LogP contribution in [0.1, 0.15) is 23.1 Å². The molecule has 0 heterocycles. The van der Waals surface area contributed by atoms with Gasteiger partial charge in [-0.1, -0.05) is 42.2 Å². The highest BCUT2D eigenvalue weighted by molar-refractivity contribution is 5.36. The van der Waals surface area contributed by atoms with E-state index in [9.17, 15) is 0 Å². The van der Waals surface area contributed by atoms with Crippen LogP contribution in [0.25, 0.3) is 0 Å². The molecule has 0 spiro atoms. The Morgan fingerprint density at radius 1 is 1.05 bits per heavy atom. The minimum absolute atomic E-state index is 0.106. The number of ether oxygens (including phenoxy) is 1. The first-order chi connectivity index (χ1) is 9.79. The van der Waals surface area contributed by atoms with Crippen molar-refractivity contribution in [2.75, 3.05) is 6.61 Å². The molecule has 2 heteroatoms. The van der Waals surface area contributed by atoms with Gasteiger partial charge in [0.15, 0.2) is 0 Å². The SMILES string of the molecule is Cc1ccccc1OCc1ccc(C#CCCO)cc1. The van der Waals surface area contributed by atoms with Crippen molar-refractivity contribution in [1.82, 2.24) is 0 Å². The number of hydrogen-bond acceptors (Lipinski definition) is 2. The summed E-state index contributed by atoms with van der Waals surface area (Å²) in [6, 6.07) is 16.0. The molecule has 0 aliphatic rings. The largest absolute Gasteiger partial charge is 0.489 e. The van der Waals surface area contributed by atoms with Crippen LogP contribution in [0.5, 0.6) is 5.75 Å². The van der Waals surface area contributed by atoms with Crippen LogP contribution in [0.2, 0.25) is 0 Å². The average molecular weight is 266 g/mol. The summed E-state index contributed by atoms with van der Waals surface area (Å²) in [7, 11) is 0. The number of aliphatic hydroxyl groups is 1. The highest BCUT2D eigenvalue weighted by Gasteiger charge is 1.98. The van der Waals surface area contributed by atoms with Crippen molar-refractivity contribution in [2.24, 2.45) is 0 Å². The van der Waals surface area contributed by atoms with Crippen molar-refractivity contribution in [3.05, 3.63) is 65.2 Å². The quantitative estimate of drug-likeness (QED) is 0.860. The molecule has 0 aromatic heterocycles. The van der Waals surface area contributed by atoms with Crippen LogP contribution in [0.15, 0.2) is 48.5 Å². The second-order valence-corrected chi connectivity index (χ2v) is 4.53. The fourth-order valence-corrected chi connectivity index (χ4v) is 1.78. The van der Waals surface area contributed by atoms with Crippen LogP contribution in [0.4, 0.5) is 0 Å². The molecule has 2 nitrogen and oxygen atoms in total. The van der Waals surface area contributed by atoms with Crippen LogP contribution in [-0.2, 0) is 6.61 Å². The molecule has 102 valence electrons. The summed E-state index contributed by atoms with van der Waals surface area (Å²) in [5.41, 5.74) is 3.21. The maximum Gasteiger partial charge on any atom is 0.122 e. The standard InChI is InChI=1S/C18H18O2/c1-15-6-2-3-8-18(15)20-14-17-11-9-16(10-12-17)7-4-5-13-19/h2-3,6,8-12,19H,5,13-14H2,1H3. The van der Waals surface area contributed by atoms with E-state index in [2.05, 4.69) is 11.8 Å². The van der Waals surface area contributed by atoms with Crippen molar-refractivity contribution >= 4 is 0 Å². The number of hydrogen-bond donors (Lipinski definition) is 1. The Morgan fingerprint density at radius 2 is 1.80 bits per heavy atom. The van der Waals surface area contributed by atoms with Gasteiger partial charge < -0.3 is 9.84 Å². The molecule has 0 amide bonds. The summed E-state index contributed by atoms with van der Waals surface area (Å²) >= 11 is 0. The van der Waals surface area contributed by atoms with Crippen LogP contribution in [0, 0.1) is 18.8 Å². The lowest BCUT2D eigenvalue weighted by Gasteiger charge is -2.08. The van der Waals surface area contributed by atoms with Crippen molar-refractivity contribution < 1.29 is 9.84 Å². The lowest BCUT2D eigenvalue weighted by Crippen LogP contribution is -1.96. The molecule has 0 atom stereocenters. The van der Waals surface area contributed by atoms with E-state index in [4.69, 9.17) is 9.84 Å². The number of aliphatic hydroxyl groups excluding tert-OH is 1. The molecular formula is C18H18O2. The molecule has 1 N–H and O–H groups in total. The van der Waals surface area contributed by atoms with Crippen LogP contribution in [0.3, 0.4) is 0 Å². The first kappa shape index (κ1) is 14.2. The summed E-state index contributed by atoms with van der Waals surface area (Å²) in [5.74, 6) is 6.83. The van der Waals surface area contributed by atoms with Gasteiger partial charge in [-0.25, -0.2) is 0 Å². The zero-order valence-corrected chi connectivity index (χ0v) is 11.6. The predicted molar refractivity (Wildman–Crippen MR) is 80.5 cm³/mol. The second kappa shape index (κ2) is 7.37. The van der Waals surface area contributed by atoms with E-state index in [-0.39, 0.29) is 6.61 Å². The summed E-state index contributed by atoms with van der Waals surface area (Å²) in [6.45, 7) is 2.69. The van der Waals surface area contributed by atoms with Gasteiger partial charge in [-0.3, -0.25) is 0 Å². The lowest BCUT2D eigenvalue weighted by molar-refractivity contribution is 0.304. The van der Waals surface area contributed by atoms with E-state index in [1.165, 1.54) is 0 Å². The molecule has 0 unspecified atom stereocenters. The highest BCUT2D eigenvalue weighted by Crippen LogP contribution is 2.17. The molecule has 0 bridgehead atoms. The second-order valence-electron chi connectivity index (χ2n) is 4.53. The van der Waals surface area contributed by atoms with Crippen LogP contribution in [-0.4, -0.2) is 11.7 Å². The van der Waals surface area contributed by atoms with E-state index in [1.807, 2.05) is 55.5 Å².